The number of amidine groups is 1. The molecule has 0 aromatic carbocycles. The molecule has 1 N–H and O–H groups in total. The van der Waals surface area contributed by atoms with Crippen LogP contribution in [0.3, 0.4) is 0 Å². The van der Waals surface area contributed by atoms with Crippen molar-refractivity contribution in [1.29, 1.82) is 5.41 Å². The SMILES string of the molecule is CC(C)C(=N)N1CCC(N2CCCCC2)CC1. The second-order valence-corrected chi connectivity index (χ2v) is 5.85. The maximum absolute atomic E-state index is 8.06. The van der Waals surface area contributed by atoms with Crippen molar-refractivity contribution in [2.24, 2.45) is 5.92 Å². The molecule has 0 saturated carbocycles. The van der Waals surface area contributed by atoms with E-state index in [0.717, 1.165) is 25.0 Å². The third-order valence-electron chi connectivity index (χ3n) is 4.26. The second-order valence-electron chi connectivity index (χ2n) is 5.85. The molecular weight excluding hydrogens is 210 g/mol. The van der Waals surface area contributed by atoms with Crippen molar-refractivity contribution in [2.75, 3.05) is 26.2 Å². The van der Waals surface area contributed by atoms with E-state index in [1.807, 2.05) is 0 Å². The van der Waals surface area contributed by atoms with Crippen LogP contribution in [0.15, 0.2) is 0 Å². The minimum Gasteiger partial charge on any atom is -0.360 e. The molecule has 2 fully saturated rings. The summed E-state index contributed by atoms with van der Waals surface area (Å²) in [5.41, 5.74) is 0. The maximum atomic E-state index is 8.06. The van der Waals surface area contributed by atoms with Gasteiger partial charge in [0.15, 0.2) is 0 Å². The van der Waals surface area contributed by atoms with Gasteiger partial charge in [0.1, 0.15) is 0 Å². The molecule has 0 aromatic rings. The molecular formula is C14H27N3. The van der Waals surface area contributed by atoms with Crippen LogP contribution in [0.2, 0.25) is 0 Å². The van der Waals surface area contributed by atoms with Gasteiger partial charge in [0.2, 0.25) is 0 Å². The van der Waals surface area contributed by atoms with Gasteiger partial charge in [0, 0.05) is 25.0 Å². The average molecular weight is 237 g/mol. The number of piperidine rings is 2. The average Bonchev–Trinajstić information content (AvgIpc) is 2.39. The lowest BCUT2D eigenvalue weighted by atomic mass is 9.99. The Morgan fingerprint density at radius 2 is 1.59 bits per heavy atom. The Labute approximate surface area is 106 Å². The molecule has 0 aromatic heterocycles. The van der Waals surface area contributed by atoms with Gasteiger partial charge in [-0.1, -0.05) is 20.3 Å². The standard InChI is InChI=1S/C14H27N3/c1-12(2)14(15)17-10-6-13(7-11-17)16-8-4-3-5-9-16/h12-13,15H,3-11H2,1-2H3. The zero-order chi connectivity index (χ0) is 12.3. The van der Waals surface area contributed by atoms with E-state index in [4.69, 9.17) is 5.41 Å². The Balaban J connectivity index is 1.79. The van der Waals surface area contributed by atoms with Crippen LogP contribution < -0.4 is 0 Å². The summed E-state index contributed by atoms with van der Waals surface area (Å²) < 4.78 is 0. The predicted octanol–water partition coefficient (Wildman–Crippen LogP) is 2.57. The molecule has 0 bridgehead atoms. The van der Waals surface area contributed by atoms with Gasteiger partial charge in [0.25, 0.3) is 0 Å². The molecule has 3 heteroatoms. The monoisotopic (exact) mass is 237 g/mol. The van der Waals surface area contributed by atoms with Crippen molar-refractivity contribution in [3.05, 3.63) is 0 Å². The van der Waals surface area contributed by atoms with Crippen LogP contribution in [0.25, 0.3) is 0 Å². The molecule has 3 nitrogen and oxygen atoms in total. The highest BCUT2D eigenvalue weighted by Gasteiger charge is 2.26. The molecule has 2 saturated heterocycles. The lowest BCUT2D eigenvalue weighted by molar-refractivity contribution is 0.113. The Kier molecular flexibility index (Phi) is 4.43. The van der Waals surface area contributed by atoms with Gasteiger partial charge in [-0.3, -0.25) is 5.41 Å². The van der Waals surface area contributed by atoms with E-state index in [1.54, 1.807) is 0 Å². The first kappa shape index (κ1) is 12.9. The zero-order valence-corrected chi connectivity index (χ0v) is 11.4. The summed E-state index contributed by atoms with van der Waals surface area (Å²) in [4.78, 5) is 4.98. The van der Waals surface area contributed by atoms with Crippen LogP contribution in [-0.2, 0) is 0 Å². The first-order valence-corrected chi connectivity index (χ1v) is 7.26. The molecule has 17 heavy (non-hydrogen) atoms. The summed E-state index contributed by atoms with van der Waals surface area (Å²) in [6.07, 6.45) is 6.72. The molecule has 2 aliphatic rings. The Morgan fingerprint density at radius 3 is 2.12 bits per heavy atom. The van der Waals surface area contributed by atoms with Crippen molar-refractivity contribution in [1.82, 2.24) is 9.80 Å². The number of hydrogen-bond donors (Lipinski definition) is 1. The van der Waals surface area contributed by atoms with Crippen LogP contribution in [-0.4, -0.2) is 47.9 Å². The molecule has 0 spiro atoms. The van der Waals surface area contributed by atoms with E-state index in [-0.39, 0.29) is 0 Å². The summed E-state index contributed by atoms with van der Waals surface area (Å²) in [5.74, 6) is 1.21. The number of likely N-dealkylation sites (tertiary alicyclic amines) is 2. The third-order valence-corrected chi connectivity index (χ3v) is 4.26. The van der Waals surface area contributed by atoms with E-state index >= 15 is 0 Å². The van der Waals surface area contributed by atoms with Gasteiger partial charge < -0.3 is 9.80 Å². The maximum Gasteiger partial charge on any atom is 0.0983 e. The van der Waals surface area contributed by atoms with E-state index in [0.29, 0.717) is 5.92 Å². The topological polar surface area (TPSA) is 30.3 Å². The minimum absolute atomic E-state index is 0.376. The normalized spacial score (nSPS) is 24.3. The molecule has 0 radical (unpaired) electrons. The molecule has 2 rings (SSSR count). The molecule has 98 valence electrons. The van der Waals surface area contributed by atoms with Gasteiger partial charge >= 0.3 is 0 Å². The first-order valence-electron chi connectivity index (χ1n) is 7.26. The van der Waals surface area contributed by atoms with Gasteiger partial charge in [-0.2, -0.15) is 0 Å². The van der Waals surface area contributed by atoms with Crippen molar-refractivity contribution < 1.29 is 0 Å². The van der Waals surface area contributed by atoms with Crippen LogP contribution in [0.5, 0.6) is 0 Å². The molecule has 0 unspecified atom stereocenters. The Morgan fingerprint density at radius 1 is 1.00 bits per heavy atom. The van der Waals surface area contributed by atoms with E-state index in [1.165, 1.54) is 45.2 Å². The van der Waals surface area contributed by atoms with Gasteiger partial charge in [-0.25, -0.2) is 0 Å². The summed E-state index contributed by atoms with van der Waals surface area (Å²) in [6.45, 7) is 9.06. The van der Waals surface area contributed by atoms with Crippen LogP contribution >= 0.6 is 0 Å². The second kappa shape index (κ2) is 5.85. The Bertz CT molecular complexity index is 248. The number of rotatable bonds is 2. The number of hydrogen-bond acceptors (Lipinski definition) is 2. The Hall–Kier alpha value is -0.570. The number of nitrogens with one attached hydrogen (secondary N) is 1. The van der Waals surface area contributed by atoms with E-state index < -0.39 is 0 Å². The highest BCUT2D eigenvalue weighted by Crippen LogP contribution is 2.21. The lowest BCUT2D eigenvalue weighted by Crippen LogP contribution is -2.48. The van der Waals surface area contributed by atoms with Crippen LogP contribution in [0.1, 0.15) is 46.0 Å². The summed E-state index contributed by atoms with van der Waals surface area (Å²) >= 11 is 0. The van der Waals surface area contributed by atoms with Crippen LogP contribution in [0.4, 0.5) is 0 Å². The summed E-state index contributed by atoms with van der Waals surface area (Å²) in [7, 11) is 0. The molecule has 2 aliphatic heterocycles. The quantitative estimate of drug-likeness (QED) is 0.591. The lowest BCUT2D eigenvalue weighted by Gasteiger charge is -2.41. The van der Waals surface area contributed by atoms with Crippen LogP contribution in [0, 0.1) is 11.3 Å². The van der Waals surface area contributed by atoms with Crippen molar-refractivity contribution in [2.45, 2.75) is 52.0 Å². The summed E-state index contributed by atoms with van der Waals surface area (Å²) in [5, 5.41) is 8.06. The minimum atomic E-state index is 0.376. The smallest absolute Gasteiger partial charge is 0.0983 e. The van der Waals surface area contributed by atoms with E-state index in [2.05, 4.69) is 23.6 Å². The fourth-order valence-electron chi connectivity index (χ4n) is 3.12. The predicted molar refractivity (Wildman–Crippen MR) is 72.6 cm³/mol. The summed E-state index contributed by atoms with van der Waals surface area (Å²) in [6, 6.07) is 0.798. The molecule has 2 heterocycles. The van der Waals surface area contributed by atoms with Gasteiger partial charge in [-0.15, -0.1) is 0 Å². The highest BCUT2D eigenvalue weighted by molar-refractivity contribution is 5.81. The van der Waals surface area contributed by atoms with Crippen molar-refractivity contribution >= 4 is 5.84 Å². The first-order chi connectivity index (χ1) is 8.18. The fourth-order valence-corrected chi connectivity index (χ4v) is 3.12. The van der Waals surface area contributed by atoms with Gasteiger partial charge in [-0.05, 0) is 38.8 Å². The number of nitrogens with zero attached hydrogens (tertiary/aromatic N) is 2. The van der Waals surface area contributed by atoms with Crippen molar-refractivity contribution in [3.63, 3.8) is 0 Å². The van der Waals surface area contributed by atoms with Crippen molar-refractivity contribution in [3.8, 4) is 0 Å². The third kappa shape index (κ3) is 3.21. The molecule has 0 atom stereocenters. The zero-order valence-electron chi connectivity index (χ0n) is 11.4. The van der Waals surface area contributed by atoms with Gasteiger partial charge in [0.05, 0.1) is 5.84 Å². The highest BCUT2D eigenvalue weighted by atomic mass is 15.2. The fraction of sp³-hybridized carbons (Fsp3) is 0.929. The molecule has 0 aliphatic carbocycles. The van der Waals surface area contributed by atoms with E-state index in [9.17, 15) is 0 Å². The molecule has 0 amide bonds. The largest absolute Gasteiger partial charge is 0.360 e.